The number of aromatic nitrogens is 2. The van der Waals surface area contributed by atoms with Crippen LogP contribution in [0.2, 0.25) is 0 Å². The van der Waals surface area contributed by atoms with Gasteiger partial charge in [-0.05, 0) is 17.7 Å². The topological polar surface area (TPSA) is 132 Å². The quantitative estimate of drug-likeness (QED) is 0.579. The predicted octanol–water partition coefficient (Wildman–Crippen LogP) is 2.87. The number of carbonyl (C=O) groups is 1. The summed E-state index contributed by atoms with van der Waals surface area (Å²) in [5.74, 6) is -0.0940. The first-order chi connectivity index (χ1) is 14.1. The standard InChI is InChI=1S/C21H24N4O5/c1-10(26)29-17-13(27-5)7-11(8-14(17)28-6)15-12(9-22)19(23)30-20-16(15)18(24-25-20)21(2,3)4/h7-8,15H,23H2,1-6H3,(H,24,25)/t15-/m1/s1. The second-order valence-corrected chi connectivity index (χ2v) is 7.84. The van der Waals surface area contributed by atoms with Crippen LogP contribution < -0.4 is 24.7 Å². The van der Waals surface area contributed by atoms with Crippen LogP contribution in [0.1, 0.15) is 50.4 Å². The molecule has 3 N–H and O–H groups in total. The number of benzene rings is 1. The molecule has 2 heterocycles. The van der Waals surface area contributed by atoms with E-state index >= 15 is 0 Å². The minimum Gasteiger partial charge on any atom is -0.493 e. The second-order valence-electron chi connectivity index (χ2n) is 7.84. The monoisotopic (exact) mass is 412 g/mol. The smallest absolute Gasteiger partial charge is 0.308 e. The summed E-state index contributed by atoms with van der Waals surface area (Å²) in [6, 6.07) is 5.52. The summed E-state index contributed by atoms with van der Waals surface area (Å²) in [5, 5.41) is 17.1. The van der Waals surface area contributed by atoms with Crippen LogP contribution in [-0.2, 0) is 10.2 Å². The third-order valence-electron chi connectivity index (χ3n) is 4.75. The first-order valence-corrected chi connectivity index (χ1v) is 9.23. The lowest BCUT2D eigenvalue weighted by Crippen LogP contribution is -2.24. The van der Waals surface area contributed by atoms with Crippen molar-refractivity contribution in [3.63, 3.8) is 0 Å². The third kappa shape index (κ3) is 3.52. The van der Waals surface area contributed by atoms with E-state index in [0.29, 0.717) is 17.0 Å². The molecule has 0 fully saturated rings. The molecule has 0 radical (unpaired) electrons. The van der Waals surface area contributed by atoms with E-state index in [2.05, 4.69) is 16.3 Å². The molecule has 0 spiro atoms. The van der Waals surface area contributed by atoms with Crippen molar-refractivity contribution < 1.29 is 23.7 Å². The van der Waals surface area contributed by atoms with Gasteiger partial charge in [0.2, 0.25) is 17.5 Å². The van der Waals surface area contributed by atoms with Crippen molar-refractivity contribution in [2.45, 2.75) is 39.0 Å². The molecule has 1 aromatic heterocycles. The Balaban J connectivity index is 2.30. The number of carbonyl (C=O) groups excluding carboxylic acids is 1. The van der Waals surface area contributed by atoms with Crippen molar-refractivity contribution in [2.24, 2.45) is 5.73 Å². The van der Waals surface area contributed by atoms with Gasteiger partial charge in [0.1, 0.15) is 11.6 Å². The Hall–Kier alpha value is -3.67. The highest BCUT2D eigenvalue weighted by Crippen LogP contribution is 2.49. The zero-order chi connectivity index (χ0) is 22.2. The fraction of sp³-hybridized carbons (Fsp3) is 0.381. The lowest BCUT2D eigenvalue weighted by molar-refractivity contribution is -0.132. The zero-order valence-corrected chi connectivity index (χ0v) is 17.7. The predicted molar refractivity (Wildman–Crippen MR) is 107 cm³/mol. The van der Waals surface area contributed by atoms with Gasteiger partial charge >= 0.3 is 5.97 Å². The molecule has 0 saturated heterocycles. The largest absolute Gasteiger partial charge is 0.493 e. The van der Waals surface area contributed by atoms with E-state index in [1.807, 2.05) is 20.8 Å². The summed E-state index contributed by atoms with van der Waals surface area (Å²) in [7, 11) is 2.91. The molecule has 1 atom stereocenters. The van der Waals surface area contributed by atoms with E-state index in [9.17, 15) is 10.1 Å². The van der Waals surface area contributed by atoms with Crippen molar-refractivity contribution in [3.8, 4) is 29.2 Å². The highest BCUT2D eigenvalue weighted by molar-refractivity contribution is 5.73. The van der Waals surface area contributed by atoms with Crippen molar-refractivity contribution in [1.29, 1.82) is 5.26 Å². The number of nitrogens with one attached hydrogen (secondary N) is 1. The molecule has 2 aromatic rings. The van der Waals surface area contributed by atoms with E-state index in [1.54, 1.807) is 12.1 Å². The van der Waals surface area contributed by atoms with Gasteiger partial charge in [0.05, 0.1) is 25.7 Å². The summed E-state index contributed by atoms with van der Waals surface area (Å²) < 4.78 is 21.8. The van der Waals surface area contributed by atoms with Crippen LogP contribution >= 0.6 is 0 Å². The number of ether oxygens (including phenoxy) is 4. The number of hydrogen-bond donors (Lipinski definition) is 2. The van der Waals surface area contributed by atoms with Gasteiger partial charge in [-0.3, -0.25) is 9.89 Å². The third-order valence-corrected chi connectivity index (χ3v) is 4.75. The first-order valence-electron chi connectivity index (χ1n) is 9.23. The lowest BCUT2D eigenvalue weighted by Gasteiger charge is -2.28. The molecular weight excluding hydrogens is 388 g/mol. The van der Waals surface area contributed by atoms with Gasteiger partial charge in [0.15, 0.2) is 11.5 Å². The Labute approximate surface area is 174 Å². The summed E-state index contributed by atoms with van der Waals surface area (Å²) in [6.45, 7) is 7.36. The SMILES string of the molecule is COc1cc([C@@H]2C(C#N)=C(N)Oc3n[nH]c(C(C)(C)C)c32)cc(OC)c1OC(C)=O. The van der Waals surface area contributed by atoms with Crippen LogP contribution in [0.15, 0.2) is 23.6 Å². The normalized spacial score (nSPS) is 15.7. The minimum absolute atomic E-state index is 0.0241. The average molecular weight is 412 g/mol. The summed E-state index contributed by atoms with van der Waals surface area (Å²) in [5.41, 5.74) is 8.13. The number of allylic oxidation sites excluding steroid dienone is 1. The average Bonchev–Trinajstić information content (AvgIpc) is 3.10. The van der Waals surface area contributed by atoms with Gasteiger partial charge in [0.25, 0.3) is 0 Å². The molecule has 30 heavy (non-hydrogen) atoms. The molecule has 0 bridgehead atoms. The number of rotatable bonds is 4. The molecule has 158 valence electrons. The maximum absolute atomic E-state index is 11.5. The minimum atomic E-state index is -0.582. The molecule has 9 heteroatoms. The summed E-state index contributed by atoms with van der Waals surface area (Å²) in [4.78, 5) is 11.5. The highest BCUT2D eigenvalue weighted by atomic mass is 16.6. The van der Waals surface area contributed by atoms with Crippen LogP contribution in [0.5, 0.6) is 23.1 Å². The van der Waals surface area contributed by atoms with Crippen LogP contribution in [-0.4, -0.2) is 30.4 Å². The number of nitriles is 1. The van der Waals surface area contributed by atoms with Crippen molar-refractivity contribution in [1.82, 2.24) is 10.2 Å². The van der Waals surface area contributed by atoms with Crippen LogP contribution in [0.4, 0.5) is 0 Å². The Morgan fingerprint density at radius 3 is 2.33 bits per heavy atom. The van der Waals surface area contributed by atoms with Crippen LogP contribution in [0.3, 0.4) is 0 Å². The van der Waals surface area contributed by atoms with Gasteiger partial charge in [0, 0.05) is 18.0 Å². The van der Waals surface area contributed by atoms with Gasteiger partial charge in [-0.2, -0.15) is 5.26 Å². The molecule has 0 aliphatic carbocycles. The van der Waals surface area contributed by atoms with E-state index in [1.165, 1.54) is 21.1 Å². The number of H-pyrrole nitrogens is 1. The van der Waals surface area contributed by atoms with Crippen LogP contribution in [0, 0.1) is 11.3 Å². The zero-order valence-electron chi connectivity index (χ0n) is 17.7. The molecule has 1 aromatic carbocycles. The van der Waals surface area contributed by atoms with E-state index in [4.69, 9.17) is 24.7 Å². The number of esters is 1. The Morgan fingerprint density at radius 2 is 1.87 bits per heavy atom. The molecule has 1 aliphatic rings. The first kappa shape index (κ1) is 21.0. The molecular formula is C21H24N4O5. The Bertz CT molecular complexity index is 1050. The second kappa shape index (κ2) is 7.63. The number of nitrogens with two attached hydrogens (primary N) is 1. The van der Waals surface area contributed by atoms with E-state index in [0.717, 1.165) is 5.69 Å². The lowest BCUT2D eigenvalue weighted by atomic mass is 9.78. The van der Waals surface area contributed by atoms with Crippen LogP contribution in [0.25, 0.3) is 0 Å². The van der Waals surface area contributed by atoms with E-state index < -0.39 is 11.9 Å². The van der Waals surface area contributed by atoms with Gasteiger partial charge in [-0.1, -0.05) is 20.8 Å². The highest BCUT2D eigenvalue weighted by Gasteiger charge is 2.39. The van der Waals surface area contributed by atoms with Gasteiger partial charge in [-0.15, -0.1) is 5.10 Å². The molecule has 0 saturated carbocycles. The Morgan fingerprint density at radius 1 is 1.27 bits per heavy atom. The van der Waals surface area contributed by atoms with Crippen molar-refractivity contribution in [2.75, 3.05) is 14.2 Å². The Kier molecular flexibility index (Phi) is 5.35. The fourth-order valence-corrected chi connectivity index (χ4v) is 3.46. The molecule has 1 aliphatic heterocycles. The van der Waals surface area contributed by atoms with Crippen molar-refractivity contribution >= 4 is 5.97 Å². The molecule has 0 unspecified atom stereocenters. The number of aromatic amines is 1. The molecule has 3 rings (SSSR count). The number of hydrogen-bond acceptors (Lipinski definition) is 8. The summed E-state index contributed by atoms with van der Waals surface area (Å²) in [6.07, 6.45) is 0. The maximum atomic E-state index is 11.5. The van der Waals surface area contributed by atoms with Crippen molar-refractivity contribution in [3.05, 3.63) is 40.4 Å². The number of nitrogens with zero attached hydrogens (tertiary/aromatic N) is 2. The molecule has 9 nitrogen and oxygen atoms in total. The fourth-order valence-electron chi connectivity index (χ4n) is 3.46. The summed E-state index contributed by atoms with van der Waals surface area (Å²) >= 11 is 0. The van der Waals surface area contributed by atoms with Gasteiger partial charge in [-0.25, -0.2) is 0 Å². The van der Waals surface area contributed by atoms with E-state index in [-0.39, 0.29) is 34.1 Å². The molecule has 0 amide bonds. The maximum Gasteiger partial charge on any atom is 0.308 e. The number of fused-ring (bicyclic) bond motifs is 1. The van der Waals surface area contributed by atoms with Gasteiger partial charge < -0.3 is 24.7 Å². The number of methoxy groups -OCH3 is 2.